The van der Waals surface area contributed by atoms with Gasteiger partial charge in [-0.25, -0.2) is 9.97 Å². The highest BCUT2D eigenvalue weighted by Gasteiger charge is 2.30. The molecule has 9 heteroatoms. The molecule has 6 rings (SSSR count). The molecule has 1 aromatic carbocycles. The summed E-state index contributed by atoms with van der Waals surface area (Å²) in [4.78, 5) is 21.3. The van der Waals surface area contributed by atoms with Gasteiger partial charge in [0.15, 0.2) is 0 Å². The lowest BCUT2D eigenvalue weighted by atomic mass is 10.0. The van der Waals surface area contributed by atoms with Crippen molar-refractivity contribution >= 4 is 22.5 Å². The summed E-state index contributed by atoms with van der Waals surface area (Å²) in [5.41, 5.74) is 5.56. The molecule has 2 atom stereocenters. The van der Waals surface area contributed by atoms with E-state index >= 15 is 0 Å². The van der Waals surface area contributed by atoms with Crippen LogP contribution in [0.1, 0.15) is 18.1 Å². The van der Waals surface area contributed by atoms with Crippen molar-refractivity contribution in [2.24, 2.45) is 0 Å². The van der Waals surface area contributed by atoms with Crippen LogP contribution >= 0.6 is 0 Å². The number of nitrogens with zero attached hydrogens (tertiary/aromatic N) is 6. The Morgan fingerprint density at radius 1 is 1.00 bits per heavy atom. The highest BCUT2D eigenvalue weighted by Crippen LogP contribution is 2.32. The molecule has 3 aliphatic rings. The monoisotopic (exact) mass is 489 g/mol. The number of benzene rings is 1. The lowest BCUT2D eigenvalue weighted by Crippen LogP contribution is -2.54. The number of morpholine rings is 1. The topological polar surface area (TPSA) is 78.9 Å². The Morgan fingerprint density at radius 2 is 1.83 bits per heavy atom. The molecule has 36 heavy (non-hydrogen) atoms. The van der Waals surface area contributed by atoms with Crippen molar-refractivity contribution < 1.29 is 9.47 Å². The molecule has 2 aromatic heterocycles. The number of nitrogens with one attached hydrogen (secondary N) is 1. The SMILES string of the molecule is COc1ccc(N2C[C@H](CN3CCN(c4cc5c(cn4)CCNC5)CC3)O[C@H](C)C2)c2nccnc12. The highest BCUT2D eigenvalue weighted by molar-refractivity contribution is 5.92. The van der Waals surface area contributed by atoms with Crippen LogP contribution in [-0.4, -0.2) is 91.5 Å². The van der Waals surface area contributed by atoms with Crippen LogP contribution in [0.5, 0.6) is 5.75 Å². The molecule has 0 unspecified atom stereocenters. The van der Waals surface area contributed by atoms with E-state index in [2.05, 4.69) is 55.2 Å². The molecule has 0 amide bonds. The Kier molecular flexibility index (Phi) is 6.60. The van der Waals surface area contributed by atoms with E-state index in [4.69, 9.17) is 14.5 Å². The predicted molar refractivity (Wildman–Crippen MR) is 141 cm³/mol. The first kappa shape index (κ1) is 23.4. The van der Waals surface area contributed by atoms with E-state index in [-0.39, 0.29) is 12.2 Å². The zero-order chi connectivity index (χ0) is 24.5. The predicted octanol–water partition coefficient (Wildman–Crippen LogP) is 2.10. The molecule has 0 radical (unpaired) electrons. The zero-order valence-corrected chi connectivity index (χ0v) is 21.2. The molecule has 3 aromatic rings. The van der Waals surface area contributed by atoms with Gasteiger partial charge in [-0.15, -0.1) is 0 Å². The molecule has 0 spiro atoms. The van der Waals surface area contributed by atoms with Crippen molar-refractivity contribution in [3.8, 4) is 5.75 Å². The molecule has 5 heterocycles. The quantitative estimate of drug-likeness (QED) is 0.580. The normalized spacial score (nSPS) is 23.1. The Balaban J connectivity index is 1.10. The number of hydrogen-bond donors (Lipinski definition) is 1. The molecule has 190 valence electrons. The van der Waals surface area contributed by atoms with Crippen molar-refractivity contribution in [2.75, 3.05) is 69.3 Å². The number of aromatic nitrogens is 3. The van der Waals surface area contributed by atoms with Gasteiger partial charge in [-0.05, 0) is 49.2 Å². The minimum Gasteiger partial charge on any atom is -0.494 e. The number of fused-ring (bicyclic) bond motifs is 2. The summed E-state index contributed by atoms with van der Waals surface area (Å²) in [5.74, 6) is 1.86. The third kappa shape index (κ3) is 4.70. The third-order valence-electron chi connectivity index (χ3n) is 7.57. The average Bonchev–Trinajstić information content (AvgIpc) is 2.92. The number of piperazine rings is 1. The van der Waals surface area contributed by atoms with Crippen LogP contribution in [0, 0.1) is 0 Å². The number of hydrogen-bond acceptors (Lipinski definition) is 9. The summed E-state index contributed by atoms with van der Waals surface area (Å²) >= 11 is 0. The van der Waals surface area contributed by atoms with Gasteiger partial charge in [-0.1, -0.05) is 0 Å². The first-order chi connectivity index (χ1) is 17.7. The van der Waals surface area contributed by atoms with Crippen molar-refractivity contribution in [2.45, 2.75) is 32.1 Å². The maximum Gasteiger partial charge on any atom is 0.146 e. The summed E-state index contributed by atoms with van der Waals surface area (Å²) in [7, 11) is 1.68. The van der Waals surface area contributed by atoms with E-state index in [0.29, 0.717) is 0 Å². The second kappa shape index (κ2) is 10.2. The lowest BCUT2D eigenvalue weighted by Gasteiger charge is -2.42. The van der Waals surface area contributed by atoms with Crippen molar-refractivity contribution in [1.82, 2.24) is 25.2 Å². The molecular formula is C27H35N7O2. The van der Waals surface area contributed by atoms with E-state index < -0.39 is 0 Å². The van der Waals surface area contributed by atoms with E-state index in [1.165, 1.54) is 11.1 Å². The minimum atomic E-state index is 0.141. The van der Waals surface area contributed by atoms with Crippen molar-refractivity contribution in [1.29, 1.82) is 0 Å². The van der Waals surface area contributed by atoms with Crippen LogP contribution in [0.4, 0.5) is 11.5 Å². The molecule has 0 bridgehead atoms. The van der Waals surface area contributed by atoms with Crippen LogP contribution in [-0.2, 0) is 17.7 Å². The van der Waals surface area contributed by atoms with Gasteiger partial charge in [-0.3, -0.25) is 9.88 Å². The molecule has 3 aliphatic heterocycles. The molecule has 2 saturated heterocycles. The van der Waals surface area contributed by atoms with Gasteiger partial charge in [0.2, 0.25) is 0 Å². The molecule has 2 fully saturated rings. The first-order valence-electron chi connectivity index (χ1n) is 13.0. The average molecular weight is 490 g/mol. The Labute approximate surface area is 212 Å². The number of ether oxygens (including phenoxy) is 2. The summed E-state index contributed by atoms with van der Waals surface area (Å²) < 4.78 is 11.9. The van der Waals surface area contributed by atoms with E-state index in [0.717, 1.165) is 93.6 Å². The summed E-state index contributed by atoms with van der Waals surface area (Å²) in [5, 5.41) is 3.47. The molecule has 9 nitrogen and oxygen atoms in total. The Morgan fingerprint density at radius 3 is 2.67 bits per heavy atom. The summed E-state index contributed by atoms with van der Waals surface area (Å²) in [6.45, 7) is 10.8. The Bertz CT molecular complexity index is 1210. The molecule has 0 saturated carbocycles. The van der Waals surface area contributed by atoms with Gasteiger partial charge < -0.3 is 24.6 Å². The number of anilines is 2. The van der Waals surface area contributed by atoms with Gasteiger partial charge in [0, 0.05) is 70.9 Å². The van der Waals surface area contributed by atoms with Gasteiger partial charge >= 0.3 is 0 Å². The van der Waals surface area contributed by atoms with E-state index in [1.54, 1.807) is 19.5 Å². The smallest absolute Gasteiger partial charge is 0.146 e. The van der Waals surface area contributed by atoms with Crippen LogP contribution in [0.15, 0.2) is 36.8 Å². The Hall–Kier alpha value is -3.01. The zero-order valence-electron chi connectivity index (χ0n) is 21.2. The van der Waals surface area contributed by atoms with Gasteiger partial charge in [0.25, 0.3) is 0 Å². The summed E-state index contributed by atoms with van der Waals surface area (Å²) in [6.07, 6.45) is 6.91. The minimum absolute atomic E-state index is 0.141. The van der Waals surface area contributed by atoms with Crippen LogP contribution in [0.2, 0.25) is 0 Å². The second-order valence-electron chi connectivity index (χ2n) is 10.0. The maximum atomic E-state index is 6.39. The summed E-state index contributed by atoms with van der Waals surface area (Å²) in [6, 6.07) is 6.37. The molecule has 1 N–H and O–H groups in total. The second-order valence-corrected chi connectivity index (χ2v) is 10.0. The molecular weight excluding hydrogens is 454 g/mol. The number of pyridine rings is 1. The number of rotatable bonds is 5. The van der Waals surface area contributed by atoms with Crippen molar-refractivity contribution in [3.63, 3.8) is 0 Å². The van der Waals surface area contributed by atoms with E-state index in [9.17, 15) is 0 Å². The largest absolute Gasteiger partial charge is 0.494 e. The highest BCUT2D eigenvalue weighted by atomic mass is 16.5. The van der Waals surface area contributed by atoms with Crippen LogP contribution < -0.4 is 19.9 Å². The van der Waals surface area contributed by atoms with Crippen LogP contribution in [0.25, 0.3) is 11.0 Å². The lowest BCUT2D eigenvalue weighted by molar-refractivity contribution is -0.0327. The fourth-order valence-corrected chi connectivity index (χ4v) is 5.75. The van der Waals surface area contributed by atoms with E-state index in [1.807, 2.05) is 6.07 Å². The van der Waals surface area contributed by atoms with Crippen molar-refractivity contribution in [3.05, 3.63) is 47.9 Å². The fraction of sp³-hybridized carbons (Fsp3) is 0.519. The van der Waals surface area contributed by atoms with Gasteiger partial charge in [-0.2, -0.15) is 0 Å². The maximum absolute atomic E-state index is 6.39. The van der Waals surface area contributed by atoms with Gasteiger partial charge in [0.1, 0.15) is 22.6 Å². The first-order valence-corrected chi connectivity index (χ1v) is 13.0. The molecule has 0 aliphatic carbocycles. The fourth-order valence-electron chi connectivity index (χ4n) is 5.75. The third-order valence-corrected chi connectivity index (χ3v) is 7.57. The standard InChI is InChI=1S/C27H35N7O2/c1-19-16-34(23-3-4-24(35-2)27-26(23)29-7-8-30-27)18-22(36-19)17-32-9-11-33(12-10-32)25-13-21-14-28-6-5-20(21)15-31-25/h3-4,7-8,13,15,19,22,28H,5-6,9-12,14,16-18H2,1-2H3/t19-,22+/m1/s1. The van der Waals surface area contributed by atoms with Gasteiger partial charge in [0.05, 0.1) is 25.0 Å². The number of methoxy groups -OCH3 is 1. The van der Waals surface area contributed by atoms with Crippen LogP contribution in [0.3, 0.4) is 0 Å².